The monoisotopic (exact) mass is 310 g/mol. The average molecular weight is 311 g/mol. The van der Waals surface area contributed by atoms with Gasteiger partial charge in [-0.3, -0.25) is 4.79 Å². The molecule has 0 bridgehead atoms. The van der Waals surface area contributed by atoms with Crippen molar-refractivity contribution in [3.05, 3.63) is 70.4 Å². The Hall–Kier alpha value is -2.26. The van der Waals surface area contributed by atoms with E-state index in [-0.39, 0.29) is 11.9 Å². The van der Waals surface area contributed by atoms with Gasteiger partial charge in [0.2, 0.25) is 0 Å². The summed E-state index contributed by atoms with van der Waals surface area (Å²) < 4.78 is 0. The fourth-order valence-electron chi connectivity index (χ4n) is 3.17. The van der Waals surface area contributed by atoms with Crippen LogP contribution in [0.1, 0.15) is 34.1 Å². The van der Waals surface area contributed by atoms with Crippen molar-refractivity contribution in [1.82, 2.24) is 10.3 Å². The number of rotatable bonds is 2. The maximum Gasteiger partial charge on any atom is 0.268 e. The smallest absolute Gasteiger partial charge is 0.268 e. The fourth-order valence-corrected chi connectivity index (χ4v) is 3.35. The zero-order chi connectivity index (χ0) is 15.1. The molecule has 0 saturated carbocycles. The topological polar surface area (TPSA) is 44.9 Å². The molecular formula is C18H15ClN2O. The number of carbonyl (C=O) groups is 1. The first-order valence-electron chi connectivity index (χ1n) is 7.37. The van der Waals surface area contributed by atoms with Crippen molar-refractivity contribution in [2.75, 3.05) is 0 Å². The molecule has 4 rings (SSSR count). The van der Waals surface area contributed by atoms with Crippen LogP contribution in [-0.4, -0.2) is 10.9 Å². The second-order valence-electron chi connectivity index (χ2n) is 5.68. The minimum atomic E-state index is -0.0750. The Balaban J connectivity index is 1.59. The molecule has 0 aliphatic heterocycles. The Bertz CT molecular complexity index is 868. The van der Waals surface area contributed by atoms with E-state index < -0.39 is 0 Å². The predicted octanol–water partition coefficient (Wildman–Crippen LogP) is 4.24. The van der Waals surface area contributed by atoms with E-state index in [0.29, 0.717) is 10.7 Å². The molecule has 2 aromatic carbocycles. The molecule has 1 aliphatic carbocycles. The fraction of sp³-hybridized carbons (Fsp3) is 0.167. The Labute approximate surface area is 133 Å². The number of carbonyl (C=O) groups excluding carboxylic acids is 1. The van der Waals surface area contributed by atoms with Crippen molar-refractivity contribution < 1.29 is 4.79 Å². The number of aromatic amines is 1. The van der Waals surface area contributed by atoms with Crippen LogP contribution in [0.4, 0.5) is 0 Å². The molecule has 2 N–H and O–H groups in total. The quantitative estimate of drug-likeness (QED) is 0.730. The van der Waals surface area contributed by atoms with E-state index in [0.717, 1.165) is 23.7 Å². The Morgan fingerprint density at radius 1 is 1.18 bits per heavy atom. The van der Waals surface area contributed by atoms with E-state index in [2.05, 4.69) is 22.4 Å². The van der Waals surface area contributed by atoms with Gasteiger partial charge < -0.3 is 10.3 Å². The summed E-state index contributed by atoms with van der Waals surface area (Å²) in [7, 11) is 0. The molecule has 1 aliphatic rings. The third-order valence-corrected chi connectivity index (χ3v) is 4.50. The first kappa shape index (κ1) is 13.4. The number of hydrogen-bond acceptors (Lipinski definition) is 1. The van der Waals surface area contributed by atoms with Crippen molar-refractivity contribution in [2.24, 2.45) is 0 Å². The third kappa shape index (κ3) is 2.28. The van der Waals surface area contributed by atoms with Gasteiger partial charge >= 0.3 is 0 Å². The molecule has 110 valence electrons. The van der Waals surface area contributed by atoms with Gasteiger partial charge in [-0.1, -0.05) is 35.9 Å². The highest BCUT2D eigenvalue weighted by Gasteiger charge is 2.24. The highest BCUT2D eigenvalue weighted by atomic mass is 35.5. The van der Waals surface area contributed by atoms with E-state index in [1.165, 1.54) is 11.1 Å². The van der Waals surface area contributed by atoms with Gasteiger partial charge in [0.15, 0.2) is 0 Å². The maximum atomic E-state index is 12.5. The molecule has 22 heavy (non-hydrogen) atoms. The van der Waals surface area contributed by atoms with Crippen molar-refractivity contribution >= 4 is 28.4 Å². The molecule has 1 heterocycles. The predicted molar refractivity (Wildman–Crippen MR) is 88.3 cm³/mol. The van der Waals surface area contributed by atoms with E-state index in [4.69, 9.17) is 11.6 Å². The number of aryl methyl sites for hydroxylation is 1. The zero-order valence-electron chi connectivity index (χ0n) is 11.9. The lowest BCUT2D eigenvalue weighted by molar-refractivity contribution is 0.0932. The summed E-state index contributed by atoms with van der Waals surface area (Å²) >= 11 is 5.99. The summed E-state index contributed by atoms with van der Waals surface area (Å²) in [5, 5.41) is 4.74. The molecule has 1 amide bonds. The largest absolute Gasteiger partial charge is 0.351 e. The lowest BCUT2D eigenvalue weighted by atomic mass is 10.1. The molecular weight excluding hydrogens is 296 g/mol. The van der Waals surface area contributed by atoms with Gasteiger partial charge in [-0.25, -0.2) is 0 Å². The first-order valence-corrected chi connectivity index (χ1v) is 7.75. The Morgan fingerprint density at radius 2 is 2.05 bits per heavy atom. The van der Waals surface area contributed by atoms with Crippen LogP contribution in [0.25, 0.3) is 10.9 Å². The summed E-state index contributed by atoms with van der Waals surface area (Å²) in [6.45, 7) is 0. The molecule has 0 saturated heterocycles. The Kier molecular flexibility index (Phi) is 3.16. The number of amides is 1. The summed E-state index contributed by atoms with van der Waals surface area (Å²) in [5.74, 6) is -0.0750. The lowest BCUT2D eigenvalue weighted by Crippen LogP contribution is -2.27. The SMILES string of the molecule is O=C(N[C@H]1CCc2ccccc21)c1cc2cc(Cl)ccc2[nH]1. The van der Waals surface area contributed by atoms with Crippen LogP contribution in [0.15, 0.2) is 48.5 Å². The van der Waals surface area contributed by atoms with Crippen LogP contribution in [0.3, 0.4) is 0 Å². The number of fused-ring (bicyclic) bond motifs is 2. The highest BCUT2D eigenvalue weighted by Crippen LogP contribution is 2.31. The second kappa shape index (κ2) is 5.18. The van der Waals surface area contributed by atoms with Gasteiger partial charge in [-0.15, -0.1) is 0 Å². The molecule has 0 radical (unpaired) electrons. The van der Waals surface area contributed by atoms with Crippen LogP contribution in [0, 0.1) is 0 Å². The number of halogens is 1. The minimum absolute atomic E-state index is 0.0750. The number of hydrogen-bond donors (Lipinski definition) is 2. The third-order valence-electron chi connectivity index (χ3n) is 4.27. The second-order valence-corrected chi connectivity index (χ2v) is 6.11. The van der Waals surface area contributed by atoms with Crippen molar-refractivity contribution in [1.29, 1.82) is 0 Å². The number of aromatic nitrogens is 1. The highest BCUT2D eigenvalue weighted by molar-refractivity contribution is 6.31. The van der Waals surface area contributed by atoms with Crippen molar-refractivity contribution in [3.8, 4) is 0 Å². The summed E-state index contributed by atoms with van der Waals surface area (Å²) in [6.07, 6.45) is 1.97. The standard InChI is InChI=1S/C18H15ClN2O/c19-13-6-8-15-12(9-13)10-17(20-15)18(22)21-16-7-5-11-3-1-2-4-14(11)16/h1-4,6,8-10,16,20H,5,7H2,(H,21,22)/t16-/m0/s1. The van der Waals surface area contributed by atoms with Gasteiger partial charge in [0.1, 0.15) is 5.69 Å². The molecule has 4 heteroatoms. The average Bonchev–Trinajstić information content (AvgIpc) is 3.11. The van der Waals surface area contributed by atoms with Crippen LogP contribution in [0.5, 0.6) is 0 Å². The number of H-pyrrole nitrogens is 1. The van der Waals surface area contributed by atoms with E-state index in [9.17, 15) is 4.79 Å². The number of benzene rings is 2. The van der Waals surface area contributed by atoms with Crippen LogP contribution in [-0.2, 0) is 6.42 Å². The van der Waals surface area contributed by atoms with Crippen LogP contribution >= 0.6 is 11.6 Å². The summed E-state index contributed by atoms with van der Waals surface area (Å²) in [5.41, 5.74) is 4.05. The van der Waals surface area contributed by atoms with Gasteiger partial charge in [0.25, 0.3) is 5.91 Å². The van der Waals surface area contributed by atoms with E-state index in [1.807, 2.05) is 36.4 Å². The van der Waals surface area contributed by atoms with Crippen LogP contribution in [0.2, 0.25) is 5.02 Å². The molecule has 3 aromatic rings. The van der Waals surface area contributed by atoms with Crippen LogP contribution < -0.4 is 5.32 Å². The van der Waals surface area contributed by atoms with Gasteiger partial charge in [0.05, 0.1) is 6.04 Å². The van der Waals surface area contributed by atoms with E-state index in [1.54, 1.807) is 0 Å². The number of nitrogens with one attached hydrogen (secondary N) is 2. The van der Waals surface area contributed by atoms with Gasteiger partial charge in [-0.2, -0.15) is 0 Å². The first-order chi connectivity index (χ1) is 10.7. The van der Waals surface area contributed by atoms with Gasteiger partial charge in [-0.05, 0) is 48.2 Å². The zero-order valence-corrected chi connectivity index (χ0v) is 12.7. The summed E-state index contributed by atoms with van der Waals surface area (Å²) in [6, 6.07) is 15.8. The Morgan fingerprint density at radius 3 is 2.95 bits per heavy atom. The molecule has 0 spiro atoms. The van der Waals surface area contributed by atoms with E-state index >= 15 is 0 Å². The molecule has 0 unspecified atom stereocenters. The molecule has 3 nitrogen and oxygen atoms in total. The molecule has 1 aromatic heterocycles. The molecule has 1 atom stereocenters. The normalized spacial score (nSPS) is 16.7. The summed E-state index contributed by atoms with van der Waals surface area (Å²) in [4.78, 5) is 15.6. The van der Waals surface area contributed by atoms with Crippen molar-refractivity contribution in [3.63, 3.8) is 0 Å². The van der Waals surface area contributed by atoms with Gasteiger partial charge in [0, 0.05) is 15.9 Å². The maximum absolute atomic E-state index is 12.5. The lowest BCUT2D eigenvalue weighted by Gasteiger charge is -2.13. The molecule has 0 fully saturated rings. The minimum Gasteiger partial charge on any atom is -0.351 e. The van der Waals surface area contributed by atoms with Crippen molar-refractivity contribution in [2.45, 2.75) is 18.9 Å².